The third-order valence-corrected chi connectivity index (χ3v) is 3.89. The number of nitrogens with one attached hydrogen (secondary N) is 1. The largest absolute Gasteiger partial charge is 0.401 e. The van der Waals surface area contributed by atoms with Crippen molar-refractivity contribution in [2.45, 2.75) is 0 Å². The number of fused-ring (bicyclic) bond motifs is 3. The topological polar surface area (TPSA) is 78.4 Å². The molecular formula is C18H16N6. The fourth-order valence-electron chi connectivity index (χ4n) is 2.88. The smallest absolute Gasteiger partial charge is 0.121 e. The van der Waals surface area contributed by atoms with Crippen molar-refractivity contribution in [3.8, 4) is 0 Å². The van der Waals surface area contributed by atoms with Gasteiger partial charge in [0.2, 0.25) is 0 Å². The Hall–Kier alpha value is -3.41. The third-order valence-electron chi connectivity index (χ3n) is 3.89. The number of hydrazine groups is 1. The van der Waals surface area contributed by atoms with Gasteiger partial charge in [0.25, 0.3) is 0 Å². The minimum Gasteiger partial charge on any atom is -0.401 e. The maximum atomic E-state index is 5.77. The second-order valence-corrected chi connectivity index (χ2v) is 5.60. The molecule has 2 aromatic carbocycles. The van der Waals surface area contributed by atoms with Gasteiger partial charge in [0.15, 0.2) is 0 Å². The van der Waals surface area contributed by atoms with E-state index in [1.165, 1.54) is 0 Å². The van der Waals surface area contributed by atoms with Crippen LogP contribution < -0.4 is 26.9 Å². The highest BCUT2D eigenvalue weighted by Crippen LogP contribution is 2.26. The molecule has 4 rings (SSSR count). The number of azo groups is 1. The van der Waals surface area contributed by atoms with Gasteiger partial charge in [0, 0.05) is 10.9 Å². The average molecular weight is 316 g/mol. The van der Waals surface area contributed by atoms with Crippen LogP contribution in [0, 0.1) is 0 Å². The molecule has 118 valence electrons. The van der Waals surface area contributed by atoms with E-state index in [4.69, 9.17) is 5.73 Å². The van der Waals surface area contributed by atoms with Crippen LogP contribution in [-0.4, -0.2) is 6.54 Å². The van der Waals surface area contributed by atoms with E-state index in [9.17, 15) is 0 Å². The van der Waals surface area contributed by atoms with E-state index in [-0.39, 0.29) is 0 Å². The molecule has 0 saturated carbocycles. The number of nitrogens with zero attached hydrogens (tertiary/aromatic N) is 4. The minimum absolute atomic E-state index is 0.441. The van der Waals surface area contributed by atoms with E-state index in [0.29, 0.717) is 12.2 Å². The van der Waals surface area contributed by atoms with Crippen molar-refractivity contribution in [2.24, 2.45) is 21.1 Å². The van der Waals surface area contributed by atoms with Crippen LogP contribution in [0.4, 0.5) is 11.4 Å². The molecule has 0 radical (unpaired) electrons. The Morgan fingerprint density at radius 3 is 2.79 bits per heavy atom. The molecule has 0 saturated heterocycles. The first kappa shape index (κ1) is 14.2. The highest BCUT2D eigenvalue weighted by molar-refractivity contribution is 5.80. The summed E-state index contributed by atoms with van der Waals surface area (Å²) in [5.41, 5.74) is 13.1. The molecule has 2 aliphatic heterocycles. The molecule has 0 aliphatic carbocycles. The zero-order chi connectivity index (χ0) is 16.5. The van der Waals surface area contributed by atoms with E-state index in [1.54, 1.807) is 6.20 Å². The van der Waals surface area contributed by atoms with Crippen molar-refractivity contribution in [1.82, 2.24) is 5.53 Å². The van der Waals surface area contributed by atoms with Crippen LogP contribution in [0.3, 0.4) is 0 Å². The number of hydrogen-bond donors (Lipinski definition) is 2. The summed E-state index contributed by atoms with van der Waals surface area (Å²) >= 11 is 0. The first-order valence-corrected chi connectivity index (χ1v) is 7.58. The molecule has 24 heavy (non-hydrogen) atoms. The lowest BCUT2D eigenvalue weighted by Crippen LogP contribution is -2.35. The summed E-state index contributed by atoms with van der Waals surface area (Å²) in [6.45, 7) is 4.21. The van der Waals surface area contributed by atoms with Crippen molar-refractivity contribution in [3.63, 3.8) is 0 Å². The molecule has 2 aliphatic rings. The number of allylic oxidation sites excluding steroid dienone is 1. The molecule has 2 heterocycles. The van der Waals surface area contributed by atoms with Crippen molar-refractivity contribution >= 4 is 16.9 Å². The minimum atomic E-state index is 0.441. The Kier molecular flexibility index (Phi) is 3.35. The predicted molar refractivity (Wildman–Crippen MR) is 93.6 cm³/mol. The Labute approximate surface area is 139 Å². The molecule has 6 nitrogen and oxygen atoms in total. The molecule has 3 N–H and O–H groups in total. The van der Waals surface area contributed by atoms with E-state index in [0.717, 1.165) is 33.1 Å². The van der Waals surface area contributed by atoms with Crippen molar-refractivity contribution in [3.05, 3.63) is 83.2 Å². The number of nitrogens with two attached hydrogens (primary N) is 1. The molecule has 2 aromatic rings. The molecule has 0 aromatic heterocycles. The normalized spacial score (nSPS) is 14.5. The van der Waals surface area contributed by atoms with Gasteiger partial charge in [-0.05, 0) is 29.3 Å². The summed E-state index contributed by atoms with van der Waals surface area (Å²) in [4.78, 5) is 0. The molecule has 0 fully saturated rings. The van der Waals surface area contributed by atoms with Crippen LogP contribution in [0.1, 0.15) is 5.56 Å². The lowest BCUT2D eigenvalue weighted by atomic mass is 10.0. The van der Waals surface area contributed by atoms with E-state index < -0.39 is 0 Å². The van der Waals surface area contributed by atoms with Gasteiger partial charge in [-0.15, -0.1) is 5.11 Å². The Bertz CT molecular complexity index is 988. The van der Waals surface area contributed by atoms with Gasteiger partial charge in [0.05, 0.1) is 12.7 Å². The van der Waals surface area contributed by atoms with E-state index in [1.807, 2.05) is 41.4 Å². The maximum absolute atomic E-state index is 5.77. The third kappa shape index (κ3) is 2.34. The van der Waals surface area contributed by atoms with E-state index in [2.05, 4.69) is 39.6 Å². The van der Waals surface area contributed by atoms with Crippen LogP contribution in [0.25, 0.3) is 5.57 Å². The summed E-state index contributed by atoms with van der Waals surface area (Å²) in [7, 11) is 0. The molecule has 0 bridgehead atoms. The summed E-state index contributed by atoms with van der Waals surface area (Å²) in [6.07, 6.45) is 3.68. The van der Waals surface area contributed by atoms with Gasteiger partial charge < -0.3 is 5.73 Å². The Balaban J connectivity index is 1.99. The predicted octanol–water partition coefficient (Wildman–Crippen LogP) is 1.83. The monoisotopic (exact) mass is 316 g/mol. The molecule has 0 amide bonds. The van der Waals surface area contributed by atoms with Gasteiger partial charge in [-0.1, -0.05) is 36.9 Å². The Morgan fingerprint density at radius 1 is 1.17 bits per heavy atom. The van der Waals surface area contributed by atoms with Crippen LogP contribution in [0.15, 0.2) is 82.3 Å². The zero-order valence-electron chi connectivity index (χ0n) is 13.0. The van der Waals surface area contributed by atoms with Crippen LogP contribution in [-0.2, 0) is 0 Å². The van der Waals surface area contributed by atoms with Crippen LogP contribution in [0.5, 0.6) is 0 Å². The number of rotatable bonds is 3. The van der Waals surface area contributed by atoms with Gasteiger partial charge in [0.1, 0.15) is 16.7 Å². The van der Waals surface area contributed by atoms with Crippen molar-refractivity contribution in [2.75, 3.05) is 11.6 Å². The van der Waals surface area contributed by atoms with Gasteiger partial charge in [-0.3, -0.25) is 5.01 Å². The maximum Gasteiger partial charge on any atom is 0.121 e. The molecule has 0 spiro atoms. The molecule has 0 atom stereocenters. The van der Waals surface area contributed by atoms with Crippen molar-refractivity contribution < 1.29 is 0 Å². The Morgan fingerprint density at radius 2 is 2.00 bits per heavy atom. The number of hydrogen-bond acceptors (Lipinski definition) is 6. The molecule has 0 unspecified atom stereocenters. The fourth-order valence-corrected chi connectivity index (χ4v) is 2.88. The second-order valence-electron chi connectivity index (χ2n) is 5.60. The van der Waals surface area contributed by atoms with Gasteiger partial charge in [-0.25, -0.2) is 5.53 Å². The van der Waals surface area contributed by atoms with E-state index >= 15 is 0 Å². The standard InChI is InChI=1S/C18H16N6/c1-12(19)11-24-18-16(21-23-24)8-7-15-14(9-10-20-22-17(15)18)13-5-3-2-4-6-13/h2-10,23H,1,11,19H2. The quantitative estimate of drug-likeness (QED) is 0.907. The summed E-state index contributed by atoms with van der Waals surface area (Å²) in [6, 6.07) is 14.2. The average Bonchev–Trinajstić information content (AvgIpc) is 2.86. The van der Waals surface area contributed by atoms with Gasteiger partial charge in [-0.2, -0.15) is 10.2 Å². The SMILES string of the molecule is C=C(N)CN1NN=c2ccc3c(c21)N=NC=CC=3c1ccccc1. The number of anilines is 1. The summed E-state index contributed by atoms with van der Waals surface area (Å²) in [5.74, 6) is 0. The second kappa shape index (κ2) is 5.66. The molecular weight excluding hydrogens is 300 g/mol. The number of benzene rings is 2. The van der Waals surface area contributed by atoms with Crippen molar-refractivity contribution in [1.29, 1.82) is 0 Å². The summed E-state index contributed by atoms with van der Waals surface area (Å²) in [5, 5.41) is 16.5. The van der Waals surface area contributed by atoms with Crippen LogP contribution in [0.2, 0.25) is 0 Å². The van der Waals surface area contributed by atoms with Crippen LogP contribution >= 0.6 is 0 Å². The highest BCUT2D eigenvalue weighted by Gasteiger charge is 2.21. The molecule has 6 heteroatoms. The fraction of sp³-hybridized carbons (Fsp3) is 0.0556. The van der Waals surface area contributed by atoms with Gasteiger partial charge >= 0.3 is 0 Å². The first-order chi connectivity index (χ1) is 11.7. The zero-order valence-corrected chi connectivity index (χ0v) is 13.0. The summed E-state index contributed by atoms with van der Waals surface area (Å²) < 4.78 is 0. The first-order valence-electron chi connectivity index (χ1n) is 7.58. The lowest BCUT2D eigenvalue weighted by molar-refractivity contribution is 0.703. The lowest BCUT2D eigenvalue weighted by Gasteiger charge is -2.19. The highest BCUT2D eigenvalue weighted by atomic mass is 15.7.